The molecule has 2 unspecified atom stereocenters. The first-order valence-corrected chi connectivity index (χ1v) is 13.6. The van der Waals surface area contributed by atoms with Crippen molar-refractivity contribution in [2.45, 2.75) is 61.5 Å². The Hall–Kier alpha value is -0.700. The second kappa shape index (κ2) is 13.7. The molecule has 4 nitrogen and oxygen atoms in total. The predicted octanol–water partition coefficient (Wildman–Crippen LogP) is 6.86. The summed E-state index contributed by atoms with van der Waals surface area (Å²) in [6, 6.07) is 0. The molecule has 8 heteroatoms. The van der Waals surface area contributed by atoms with Crippen LogP contribution in [0.3, 0.4) is 0 Å². The number of hydrogen-bond acceptors (Lipinski definition) is 8. The maximum Gasteiger partial charge on any atom is 0.330 e. The van der Waals surface area contributed by atoms with Crippen molar-refractivity contribution in [2.24, 2.45) is 0 Å². The molecule has 0 bridgehead atoms. The van der Waals surface area contributed by atoms with Gasteiger partial charge in [0.25, 0.3) is 0 Å². The number of esters is 2. The van der Waals surface area contributed by atoms with Crippen molar-refractivity contribution in [1.82, 2.24) is 0 Å². The van der Waals surface area contributed by atoms with Crippen LogP contribution < -0.4 is 0 Å². The van der Waals surface area contributed by atoms with Gasteiger partial charge in [-0.15, -0.1) is 47.0 Å². The van der Waals surface area contributed by atoms with Crippen LogP contribution in [0.5, 0.6) is 0 Å². The van der Waals surface area contributed by atoms with E-state index in [4.69, 9.17) is 9.47 Å². The van der Waals surface area contributed by atoms with E-state index in [1.807, 2.05) is 47.0 Å². The van der Waals surface area contributed by atoms with Crippen LogP contribution in [0.25, 0.3) is 0 Å². The number of unbranched alkanes of at least 4 members (excludes halogenated alkanes) is 3. The number of thioether (sulfide) groups is 4. The van der Waals surface area contributed by atoms with Crippen LogP contribution in [0.15, 0.2) is 44.9 Å². The van der Waals surface area contributed by atoms with Gasteiger partial charge in [0.15, 0.2) is 0 Å². The molecule has 0 aliphatic carbocycles. The van der Waals surface area contributed by atoms with Crippen molar-refractivity contribution >= 4 is 59.0 Å². The Morgan fingerprint density at radius 3 is 1.53 bits per heavy atom. The van der Waals surface area contributed by atoms with Gasteiger partial charge in [-0.2, -0.15) is 0 Å². The molecule has 0 amide bonds. The van der Waals surface area contributed by atoms with Gasteiger partial charge in [0.05, 0.1) is 9.16 Å². The van der Waals surface area contributed by atoms with Crippen molar-refractivity contribution in [2.75, 3.05) is 13.2 Å². The van der Waals surface area contributed by atoms with Gasteiger partial charge in [0.2, 0.25) is 0 Å². The van der Waals surface area contributed by atoms with Crippen LogP contribution in [-0.2, 0) is 19.1 Å². The molecular weight excluding hydrogens is 457 g/mol. The van der Waals surface area contributed by atoms with Crippen LogP contribution in [0, 0.1) is 0 Å². The minimum Gasteiger partial charge on any atom is -0.457 e. The molecule has 2 atom stereocenters. The first-order chi connectivity index (χ1) is 14.4. The maximum atomic E-state index is 11.2. The third-order valence-corrected chi connectivity index (χ3v) is 10.6. The summed E-state index contributed by atoms with van der Waals surface area (Å²) in [7, 11) is 0. The summed E-state index contributed by atoms with van der Waals surface area (Å²) in [5.74, 6) is -0.725. The maximum absolute atomic E-state index is 11.2. The normalized spacial score (nSPS) is 21.1. The summed E-state index contributed by atoms with van der Waals surface area (Å²) in [6.07, 6.45) is 9.71. The van der Waals surface area contributed by atoms with Crippen molar-refractivity contribution in [3.8, 4) is 0 Å². The van der Waals surface area contributed by atoms with Crippen molar-refractivity contribution in [3.63, 3.8) is 0 Å². The zero-order valence-electron chi connectivity index (χ0n) is 17.6. The van der Waals surface area contributed by atoms with Gasteiger partial charge in [-0.1, -0.05) is 38.8 Å². The highest BCUT2D eigenvalue weighted by Gasteiger charge is 2.25. The number of carbonyl (C=O) groups is 2. The van der Waals surface area contributed by atoms with E-state index < -0.39 is 0 Å². The molecule has 0 spiro atoms. The van der Waals surface area contributed by atoms with E-state index in [1.165, 1.54) is 70.3 Å². The standard InChI is InChI=1S/C22H30O4S4/c1-5-19(23)25-13-17-15(3)27-21(29-17)11-9-7-8-10-12-22-28-16(4)18(30-22)14-26-20(24)6-2/h5-6,21-22H,1-2,7-14H2,3-4H3. The lowest BCUT2D eigenvalue weighted by molar-refractivity contribution is -0.137. The molecule has 0 aromatic heterocycles. The highest BCUT2D eigenvalue weighted by molar-refractivity contribution is 8.23. The Labute approximate surface area is 197 Å². The molecule has 2 heterocycles. The predicted molar refractivity (Wildman–Crippen MR) is 133 cm³/mol. The molecule has 0 saturated heterocycles. The van der Waals surface area contributed by atoms with Crippen LogP contribution in [0.1, 0.15) is 52.4 Å². The molecule has 0 aromatic carbocycles. The van der Waals surface area contributed by atoms with Gasteiger partial charge in [-0.25, -0.2) is 9.59 Å². The lowest BCUT2D eigenvalue weighted by atomic mass is 10.1. The van der Waals surface area contributed by atoms with Gasteiger partial charge < -0.3 is 9.47 Å². The lowest BCUT2D eigenvalue weighted by Gasteiger charge is -2.11. The third-order valence-electron chi connectivity index (χ3n) is 4.60. The summed E-state index contributed by atoms with van der Waals surface area (Å²) in [6.45, 7) is 11.8. The largest absolute Gasteiger partial charge is 0.457 e. The van der Waals surface area contributed by atoms with Crippen molar-refractivity contribution in [1.29, 1.82) is 0 Å². The average molecular weight is 487 g/mol. The fraction of sp³-hybridized carbons (Fsp3) is 0.545. The zero-order chi connectivity index (χ0) is 21.9. The molecule has 30 heavy (non-hydrogen) atoms. The SMILES string of the molecule is C=CC(=O)OCC1=C(C)SC(CCCCCCC2SC(C)=C(COC(=O)C=C)S2)S1. The van der Waals surface area contributed by atoms with E-state index in [9.17, 15) is 9.59 Å². The number of rotatable bonds is 13. The van der Waals surface area contributed by atoms with Gasteiger partial charge in [0.1, 0.15) is 13.2 Å². The Kier molecular flexibility index (Phi) is 11.6. The van der Waals surface area contributed by atoms with Crippen LogP contribution >= 0.6 is 47.0 Å². The van der Waals surface area contributed by atoms with E-state index in [2.05, 4.69) is 27.0 Å². The fourth-order valence-corrected chi connectivity index (χ4v) is 8.98. The van der Waals surface area contributed by atoms with E-state index in [1.54, 1.807) is 0 Å². The molecule has 2 aliphatic rings. The smallest absolute Gasteiger partial charge is 0.330 e. The van der Waals surface area contributed by atoms with E-state index in [-0.39, 0.29) is 11.9 Å². The summed E-state index contributed by atoms with van der Waals surface area (Å²) >= 11 is 7.48. The highest BCUT2D eigenvalue weighted by Crippen LogP contribution is 2.48. The van der Waals surface area contributed by atoms with E-state index in [0.29, 0.717) is 22.4 Å². The third kappa shape index (κ3) is 8.81. The molecule has 166 valence electrons. The van der Waals surface area contributed by atoms with Gasteiger partial charge in [-0.05, 0) is 36.5 Å². The minimum atomic E-state index is -0.363. The molecule has 0 aromatic rings. The van der Waals surface area contributed by atoms with E-state index in [0.717, 1.165) is 0 Å². The second-order valence-corrected chi connectivity index (χ2v) is 12.9. The van der Waals surface area contributed by atoms with Crippen molar-refractivity contribution in [3.05, 3.63) is 44.9 Å². The molecule has 0 fully saturated rings. The topological polar surface area (TPSA) is 52.6 Å². The minimum absolute atomic E-state index is 0.363. The first kappa shape index (κ1) is 25.6. The fourth-order valence-electron chi connectivity index (χ4n) is 2.93. The van der Waals surface area contributed by atoms with Gasteiger partial charge in [-0.3, -0.25) is 0 Å². The monoisotopic (exact) mass is 486 g/mol. The highest BCUT2D eigenvalue weighted by atomic mass is 32.2. The van der Waals surface area contributed by atoms with Crippen LogP contribution in [-0.4, -0.2) is 34.3 Å². The summed E-state index contributed by atoms with van der Waals surface area (Å²) < 4.78 is 11.4. The van der Waals surface area contributed by atoms with E-state index >= 15 is 0 Å². The lowest BCUT2D eigenvalue weighted by Crippen LogP contribution is -2.03. The average Bonchev–Trinajstić information content (AvgIpc) is 3.28. The molecule has 2 rings (SSSR count). The molecule has 0 radical (unpaired) electrons. The molecule has 0 N–H and O–H groups in total. The number of allylic oxidation sites excluding steroid dienone is 2. The zero-order valence-corrected chi connectivity index (χ0v) is 20.9. The quantitative estimate of drug-likeness (QED) is 0.159. The molecule has 0 saturated carbocycles. The molecule has 2 aliphatic heterocycles. The summed E-state index contributed by atoms with van der Waals surface area (Å²) in [5.41, 5.74) is 0. The number of carbonyl (C=O) groups excluding carboxylic acids is 2. The van der Waals surface area contributed by atoms with Gasteiger partial charge in [0, 0.05) is 22.0 Å². The first-order valence-electron chi connectivity index (χ1n) is 10.1. The van der Waals surface area contributed by atoms with Crippen molar-refractivity contribution < 1.29 is 19.1 Å². The number of ether oxygens (including phenoxy) is 2. The Balaban J connectivity index is 1.52. The van der Waals surface area contributed by atoms with Crippen LogP contribution in [0.2, 0.25) is 0 Å². The Morgan fingerprint density at radius 2 is 1.17 bits per heavy atom. The summed E-state index contributed by atoms with van der Waals surface area (Å²) in [5, 5.41) is 0. The molecular formula is C22H30O4S4. The summed E-state index contributed by atoms with van der Waals surface area (Å²) in [4.78, 5) is 27.3. The Bertz CT molecular complexity index is 654. The second-order valence-electron chi connectivity index (χ2n) is 6.90. The number of hydrogen-bond donors (Lipinski definition) is 0. The van der Waals surface area contributed by atoms with Crippen LogP contribution in [0.4, 0.5) is 0 Å². The Morgan fingerprint density at radius 1 is 0.767 bits per heavy atom. The van der Waals surface area contributed by atoms with Gasteiger partial charge >= 0.3 is 11.9 Å².